The lowest BCUT2D eigenvalue weighted by molar-refractivity contribution is -0.136. The molecule has 116 valence electrons. The van der Waals surface area contributed by atoms with Crippen LogP contribution in [0.25, 0.3) is 0 Å². The molecule has 0 saturated carbocycles. The number of hydrogen-bond acceptors (Lipinski definition) is 2. The highest BCUT2D eigenvalue weighted by Gasteiger charge is 2.01. The molecule has 0 amide bonds. The Labute approximate surface area is 136 Å². The van der Waals surface area contributed by atoms with Gasteiger partial charge in [0.2, 0.25) is 0 Å². The number of carboxylic acids is 1. The second kappa shape index (κ2) is 8.64. The molecule has 0 aliphatic rings. The van der Waals surface area contributed by atoms with Gasteiger partial charge in [0.15, 0.2) is 0 Å². The number of benzene rings is 2. The molecule has 2 aromatic carbocycles. The molecule has 1 N–H and O–H groups in total. The Balaban J connectivity index is 1.68. The van der Waals surface area contributed by atoms with Gasteiger partial charge in [-0.25, -0.2) is 0 Å². The second-order valence-corrected chi connectivity index (χ2v) is 6.59. The van der Waals surface area contributed by atoms with E-state index in [4.69, 9.17) is 5.11 Å². The molecule has 2 aromatic rings. The first-order valence-corrected chi connectivity index (χ1v) is 8.62. The zero-order valence-electron chi connectivity index (χ0n) is 12.9. The van der Waals surface area contributed by atoms with Crippen molar-refractivity contribution >= 4 is 17.7 Å². The van der Waals surface area contributed by atoms with E-state index in [1.54, 1.807) is 0 Å². The van der Waals surface area contributed by atoms with E-state index in [9.17, 15) is 4.79 Å². The average Bonchev–Trinajstić information content (AvgIpc) is 2.50. The zero-order chi connectivity index (χ0) is 15.8. The van der Waals surface area contributed by atoms with Crippen LogP contribution >= 0.6 is 11.8 Å². The average molecular weight is 314 g/mol. The number of thioether (sulfide) groups is 1. The minimum Gasteiger partial charge on any atom is -0.481 e. The third-order valence-corrected chi connectivity index (χ3v) is 4.85. The number of carbonyl (C=O) groups is 1. The second-order valence-electron chi connectivity index (χ2n) is 5.46. The Hall–Kier alpha value is -1.74. The molecule has 0 heterocycles. The molecule has 0 radical (unpaired) electrons. The molecule has 0 saturated heterocycles. The van der Waals surface area contributed by atoms with Crippen LogP contribution in [-0.2, 0) is 17.6 Å². The maximum Gasteiger partial charge on any atom is 0.307 e. The van der Waals surface area contributed by atoms with Gasteiger partial charge in [-0.05, 0) is 54.7 Å². The van der Waals surface area contributed by atoms with Crippen LogP contribution in [0.2, 0.25) is 0 Å². The molecule has 0 unspecified atom stereocenters. The summed E-state index contributed by atoms with van der Waals surface area (Å²) in [7, 11) is 0. The van der Waals surface area contributed by atoms with Gasteiger partial charge in [0.1, 0.15) is 0 Å². The monoisotopic (exact) mass is 314 g/mol. The van der Waals surface area contributed by atoms with Crippen molar-refractivity contribution in [2.75, 3.05) is 5.75 Å². The Morgan fingerprint density at radius 1 is 1.00 bits per heavy atom. The maximum atomic E-state index is 10.6. The third-order valence-electron chi connectivity index (χ3n) is 3.59. The van der Waals surface area contributed by atoms with Crippen molar-refractivity contribution in [2.24, 2.45) is 0 Å². The molecule has 2 nitrogen and oxygen atoms in total. The summed E-state index contributed by atoms with van der Waals surface area (Å²) in [6.45, 7) is 2.15. The first-order valence-electron chi connectivity index (χ1n) is 7.63. The summed E-state index contributed by atoms with van der Waals surface area (Å²) in [5, 5.41) is 8.75. The number of rotatable bonds is 8. The summed E-state index contributed by atoms with van der Waals surface area (Å²) in [6, 6.07) is 16.4. The van der Waals surface area contributed by atoms with E-state index in [0.717, 1.165) is 24.2 Å². The lowest BCUT2D eigenvalue weighted by atomic mass is 10.1. The summed E-state index contributed by atoms with van der Waals surface area (Å²) >= 11 is 1.93. The van der Waals surface area contributed by atoms with Gasteiger partial charge < -0.3 is 5.11 Å². The predicted molar refractivity (Wildman–Crippen MR) is 92.6 cm³/mol. The number of aliphatic carboxylic acids is 1. The number of carboxylic acid groups (broad SMARTS) is 1. The molecule has 0 aliphatic carbocycles. The van der Waals surface area contributed by atoms with Crippen molar-refractivity contribution in [3.63, 3.8) is 0 Å². The van der Waals surface area contributed by atoms with Gasteiger partial charge in [-0.2, -0.15) is 0 Å². The topological polar surface area (TPSA) is 37.3 Å². The Bertz CT molecular complexity index is 605. The first-order chi connectivity index (χ1) is 10.6. The van der Waals surface area contributed by atoms with Crippen LogP contribution < -0.4 is 0 Å². The molecule has 22 heavy (non-hydrogen) atoms. The molecule has 0 atom stereocenters. The largest absolute Gasteiger partial charge is 0.481 e. The highest BCUT2D eigenvalue weighted by atomic mass is 32.2. The minimum absolute atomic E-state index is 0.105. The van der Waals surface area contributed by atoms with Crippen LogP contribution in [-0.4, -0.2) is 16.8 Å². The van der Waals surface area contributed by atoms with Gasteiger partial charge >= 0.3 is 5.97 Å². The van der Waals surface area contributed by atoms with Gasteiger partial charge in [0, 0.05) is 4.90 Å². The lowest BCUT2D eigenvalue weighted by Crippen LogP contribution is -1.99. The lowest BCUT2D eigenvalue weighted by Gasteiger charge is -2.06. The normalized spacial score (nSPS) is 10.6. The van der Waals surface area contributed by atoms with E-state index in [2.05, 4.69) is 31.2 Å². The van der Waals surface area contributed by atoms with E-state index >= 15 is 0 Å². The maximum absolute atomic E-state index is 10.6. The summed E-state index contributed by atoms with van der Waals surface area (Å²) in [6.07, 6.45) is 3.52. The summed E-state index contributed by atoms with van der Waals surface area (Å²) in [5.74, 6) is 0.364. The molecule has 0 aromatic heterocycles. The van der Waals surface area contributed by atoms with Gasteiger partial charge in [-0.1, -0.05) is 42.5 Å². The Morgan fingerprint density at radius 2 is 1.68 bits per heavy atom. The van der Waals surface area contributed by atoms with Crippen LogP contribution in [0, 0.1) is 6.92 Å². The van der Waals surface area contributed by atoms with Crippen LogP contribution in [0.4, 0.5) is 0 Å². The Morgan fingerprint density at radius 3 is 2.36 bits per heavy atom. The van der Waals surface area contributed by atoms with E-state index in [-0.39, 0.29) is 6.42 Å². The third kappa shape index (κ3) is 5.57. The van der Waals surface area contributed by atoms with Crippen LogP contribution in [0.5, 0.6) is 0 Å². The van der Waals surface area contributed by atoms with Crippen LogP contribution in [0.1, 0.15) is 29.5 Å². The van der Waals surface area contributed by atoms with Gasteiger partial charge in [0.05, 0.1) is 6.42 Å². The molecule has 2 rings (SSSR count). The minimum atomic E-state index is -0.777. The van der Waals surface area contributed by atoms with Crippen molar-refractivity contribution in [1.82, 2.24) is 0 Å². The summed E-state index contributed by atoms with van der Waals surface area (Å²) < 4.78 is 0. The van der Waals surface area contributed by atoms with Crippen molar-refractivity contribution < 1.29 is 9.90 Å². The molecule has 3 heteroatoms. The quantitative estimate of drug-likeness (QED) is 0.565. The number of hydrogen-bond donors (Lipinski definition) is 1. The fraction of sp³-hybridized carbons (Fsp3) is 0.316. The standard InChI is InChI=1S/C19H22O2S/c1-15-6-2-3-8-18(15)22-13-5-4-7-16-9-11-17(12-10-16)14-19(20)21/h2-3,6,8-12H,4-5,7,13-14H2,1H3,(H,20,21). The molecule has 0 fully saturated rings. The predicted octanol–water partition coefficient (Wildman–Crippen LogP) is 4.74. The van der Waals surface area contributed by atoms with Crippen molar-refractivity contribution in [1.29, 1.82) is 0 Å². The first kappa shape index (κ1) is 16.6. The van der Waals surface area contributed by atoms with Crippen LogP contribution in [0.15, 0.2) is 53.4 Å². The van der Waals surface area contributed by atoms with E-state index < -0.39 is 5.97 Å². The molecule has 0 aliphatic heterocycles. The number of unbranched alkanes of at least 4 members (excludes halogenated alkanes) is 1. The summed E-state index contributed by atoms with van der Waals surface area (Å²) in [4.78, 5) is 12.0. The molecular formula is C19H22O2S. The Kier molecular flexibility index (Phi) is 6.53. The summed E-state index contributed by atoms with van der Waals surface area (Å²) in [5.41, 5.74) is 3.50. The van der Waals surface area contributed by atoms with Gasteiger partial charge in [0.25, 0.3) is 0 Å². The van der Waals surface area contributed by atoms with Crippen molar-refractivity contribution in [2.45, 2.75) is 37.5 Å². The smallest absolute Gasteiger partial charge is 0.307 e. The van der Waals surface area contributed by atoms with E-state index in [1.807, 2.05) is 36.0 Å². The molecular weight excluding hydrogens is 292 g/mol. The van der Waals surface area contributed by atoms with Crippen molar-refractivity contribution in [3.8, 4) is 0 Å². The fourth-order valence-electron chi connectivity index (χ4n) is 2.33. The van der Waals surface area contributed by atoms with Crippen molar-refractivity contribution in [3.05, 3.63) is 65.2 Å². The number of aryl methyl sites for hydroxylation is 2. The highest BCUT2D eigenvalue weighted by Crippen LogP contribution is 2.23. The SMILES string of the molecule is Cc1ccccc1SCCCCc1ccc(CC(=O)O)cc1. The van der Waals surface area contributed by atoms with E-state index in [1.165, 1.54) is 22.4 Å². The molecule has 0 bridgehead atoms. The van der Waals surface area contributed by atoms with Crippen LogP contribution in [0.3, 0.4) is 0 Å². The zero-order valence-corrected chi connectivity index (χ0v) is 13.7. The highest BCUT2D eigenvalue weighted by molar-refractivity contribution is 7.99. The van der Waals surface area contributed by atoms with Gasteiger partial charge in [-0.3, -0.25) is 4.79 Å². The van der Waals surface area contributed by atoms with Gasteiger partial charge in [-0.15, -0.1) is 11.8 Å². The molecule has 0 spiro atoms. The fourth-order valence-corrected chi connectivity index (χ4v) is 3.37. The van der Waals surface area contributed by atoms with E-state index in [0.29, 0.717) is 0 Å².